The number of hydrogen-bond donors (Lipinski definition) is 1. The average molecular weight is 338 g/mol. The van der Waals surface area contributed by atoms with E-state index in [0.29, 0.717) is 6.07 Å². The SMILES string of the molecule is C.CC(O)(c1ccc(F)cc1F)[C@H]1OC(=O)CCS(=O)(=O)O1. The molecular formula is C13H16F2O6S. The van der Waals surface area contributed by atoms with E-state index < -0.39 is 57.4 Å². The summed E-state index contributed by atoms with van der Waals surface area (Å²) >= 11 is 0. The first-order valence-corrected chi connectivity index (χ1v) is 7.48. The number of aliphatic hydroxyl groups is 1. The van der Waals surface area contributed by atoms with Crippen LogP contribution in [-0.2, 0) is 29.4 Å². The van der Waals surface area contributed by atoms with E-state index in [9.17, 15) is 27.1 Å². The first kappa shape index (κ1) is 18.5. The second-order valence-electron chi connectivity index (χ2n) is 4.70. The molecule has 6 nitrogen and oxygen atoms in total. The maximum absolute atomic E-state index is 13.7. The number of carbonyl (C=O) groups excluding carboxylic acids is 1. The standard InChI is InChI=1S/C12H12F2O6S.CH4/c1-12(16,8-3-2-7(13)6-9(8)14)11-19-10(15)4-5-21(17,18)20-11;/h2-3,6,11,16H,4-5H2,1H3;1H4/t11-,12?;/m0./s1. The number of carbonyl (C=O) groups is 1. The second kappa shape index (κ2) is 6.27. The quantitative estimate of drug-likeness (QED) is 0.648. The van der Waals surface area contributed by atoms with E-state index in [2.05, 4.69) is 4.18 Å². The van der Waals surface area contributed by atoms with Crippen molar-refractivity contribution in [1.29, 1.82) is 0 Å². The minimum absolute atomic E-state index is 0. The van der Waals surface area contributed by atoms with E-state index in [1.165, 1.54) is 0 Å². The van der Waals surface area contributed by atoms with Gasteiger partial charge in [-0.2, -0.15) is 8.42 Å². The molecule has 9 heteroatoms. The van der Waals surface area contributed by atoms with Crippen molar-refractivity contribution < 1.29 is 36.0 Å². The highest BCUT2D eigenvalue weighted by molar-refractivity contribution is 7.86. The largest absolute Gasteiger partial charge is 0.431 e. The van der Waals surface area contributed by atoms with Crippen molar-refractivity contribution in [2.75, 3.05) is 5.75 Å². The molecule has 1 aromatic carbocycles. The van der Waals surface area contributed by atoms with E-state index in [4.69, 9.17) is 4.74 Å². The molecule has 1 aromatic rings. The average Bonchev–Trinajstić information content (AvgIpc) is 2.48. The van der Waals surface area contributed by atoms with Crippen LogP contribution in [0.25, 0.3) is 0 Å². The smallest absolute Gasteiger partial charge is 0.309 e. The van der Waals surface area contributed by atoms with Crippen LogP contribution in [0.15, 0.2) is 18.2 Å². The fourth-order valence-electron chi connectivity index (χ4n) is 1.82. The lowest BCUT2D eigenvalue weighted by Gasteiger charge is -2.30. The van der Waals surface area contributed by atoms with Crippen molar-refractivity contribution in [3.63, 3.8) is 0 Å². The van der Waals surface area contributed by atoms with Gasteiger partial charge in [0.25, 0.3) is 16.4 Å². The molecule has 1 fully saturated rings. The van der Waals surface area contributed by atoms with E-state index in [-0.39, 0.29) is 7.43 Å². The van der Waals surface area contributed by atoms with Crippen LogP contribution >= 0.6 is 0 Å². The first-order valence-electron chi connectivity index (χ1n) is 5.90. The number of hydrogen-bond acceptors (Lipinski definition) is 6. The zero-order valence-electron chi connectivity index (χ0n) is 10.9. The number of esters is 1. The van der Waals surface area contributed by atoms with Gasteiger partial charge in [-0.05, 0) is 13.0 Å². The van der Waals surface area contributed by atoms with Gasteiger partial charge in [0.1, 0.15) is 11.6 Å². The topological polar surface area (TPSA) is 89.9 Å². The molecule has 22 heavy (non-hydrogen) atoms. The van der Waals surface area contributed by atoms with Gasteiger partial charge in [-0.3, -0.25) is 4.79 Å². The summed E-state index contributed by atoms with van der Waals surface area (Å²) in [6.45, 7) is 1.00. The van der Waals surface area contributed by atoms with Gasteiger partial charge in [0.05, 0.1) is 12.2 Å². The van der Waals surface area contributed by atoms with Crippen molar-refractivity contribution in [3.05, 3.63) is 35.4 Å². The molecule has 1 N–H and O–H groups in total. The Balaban J connectivity index is 0.00000242. The lowest BCUT2D eigenvalue weighted by Crippen LogP contribution is -2.42. The highest BCUT2D eigenvalue weighted by Gasteiger charge is 2.44. The lowest BCUT2D eigenvalue weighted by molar-refractivity contribution is -0.201. The van der Waals surface area contributed by atoms with E-state index in [1.54, 1.807) is 0 Å². The predicted molar refractivity (Wildman–Crippen MR) is 72.0 cm³/mol. The first-order chi connectivity index (χ1) is 9.62. The Labute approximate surface area is 126 Å². The minimum Gasteiger partial charge on any atom is -0.431 e. The fraction of sp³-hybridized carbons (Fsp3) is 0.462. The van der Waals surface area contributed by atoms with Crippen LogP contribution in [0.5, 0.6) is 0 Å². The zero-order valence-corrected chi connectivity index (χ0v) is 11.7. The molecule has 2 rings (SSSR count). The van der Waals surface area contributed by atoms with Crippen LogP contribution in [0.2, 0.25) is 0 Å². The summed E-state index contributed by atoms with van der Waals surface area (Å²) < 4.78 is 59.0. The monoisotopic (exact) mass is 338 g/mol. The molecule has 1 saturated heterocycles. The van der Waals surface area contributed by atoms with Crippen LogP contribution in [0.4, 0.5) is 8.78 Å². The third-order valence-electron chi connectivity index (χ3n) is 2.96. The summed E-state index contributed by atoms with van der Waals surface area (Å²) in [4.78, 5) is 11.4. The van der Waals surface area contributed by atoms with Crippen LogP contribution in [0.1, 0.15) is 26.3 Å². The number of benzene rings is 1. The van der Waals surface area contributed by atoms with Crippen LogP contribution in [0.3, 0.4) is 0 Å². The third kappa shape index (κ3) is 3.79. The summed E-state index contributed by atoms with van der Waals surface area (Å²) in [5, 5.41) is 10.3. The fourth-order valence-corrected chi connectivity index (χ4v) is 2.83. The normalized spacial score (nSPS) is 23.6. The molecule has 1 heterocycles. The predicted octanol–water partition coefficient (Wildman–Crippen LogP) is 1.43. The van der Waals surface area contributed by atoms with Gasteiger partial charge in [-0.1, -0.05) is 13.5 Å². The van der Waals surface area contributed by atoms with Gasteiger partial charge < -0.3 is 9.84 Å². The van der Waals surface area contributed by atoms with Crippen LogP contribution in [-0.4, -0.2) is 31.5 Å². The molecule has 0 aliphatic carbocycles. The molecule has 1 aliphatic heterocycles. The van der Waals surface area contributed by atoms with Crippen molar-refractivity contribution in [1.82, 2.24) is 0 Å². The molecule has 0 aromatic heterocycles. The van der Waals surface area contributed by atoms with E-state index >= 15 is 0 Å². The molecule has 124 valence electrons. The molecule has 0 radical (unpaired) electrons. The molecular weight excluding hydrogens is 322 g/mol. The Morgan fingerprint density at radius 2 is 2.00 bits per heavy atom. The van der Waals surface area contributed by atoms with Gasteiger partial charge in [0.2, 0.25) is 0 Å². The van der Waals surface area contributed by atoms with Gasteiger partial charge in [-0.15, -0.1) is 0 Å². The van der Waals surface area contributed by atoms with E-state index in [1.807, 2.05) is 0 Å². The minimum atomic E-state index is -4.12. The highest BCUT2D eigenvalue weighted by Crippen LogP contribution is 2.32. The second-order valence-corrected chi connectivity index (χ2v) is 6.42. The molecule has 2 atom stereocenters. The van der Waals surface area contributed by atoms with Crippen LogP contribution in [0, 0.1) is 11.6 Å². The van der Waals surface area contributed by atoms with Gasteiger partial charge in [-0.25, -0.2) is 13.0 Å². The Kier molecular flexibility index (Phi) is 5.26. The number of rotatable bonds is 2. The third-order valence-corrected chi connectivity index (χ3v) is 4.14. The van der Waals surface area contributed by atoms with Gasteiger partial charge in [0.15, 0.2) is 5.60 Å². The molecule has 0 amide bonds. The van der Waals surface area contributed by atoms with Crippen molar-refractivity contribution in [2.45, 2.75) is 32.7 Å². The molecule has 1 unspecified atom stereocenters. The molecule has 0 bridgehead atoms. The highest BCUT2D eigenvalue weighted by atomic mass is 32.2. The summed E-state index contributed by atoms with van der Waals surface area (Å²) in [5.41, 5.74) is -2.77. The summed E-state index contributed by atoms with van der Waals surface area (Å²) in [6.07, 6.45) is -2.40. The number of cyclic esters (lactones) is 1. The van der Waals surface area contributed by atoms with Crippen molar-refractivity contribution >= 4 is 16.1 Å². The summed E-state index contributed by atoms with van der Waals surface area (Å²) in [6, 6.07) is 2.30. The Morgan fingerprint density at radius 1 is 1.36 bits per heavy atom. The summed E-state index contributed by atoms with van der Waals surface area (Å²) in [7, 11) is -4.12. The van der Waals surface area contributed by atoms with Crippen LogP contribution < -0.4 is 0 Å². The maximum atomic E-state index is 13.7. The van der Waals surface area contributed by atoms with E-state index in [0.717, 1.165) is 19.1 Å². The molecule has 0 spiro atoms. The molecule has 0 saturated carbocycles. The lowest BCUT2D eigenvalue weighted by atomic mass is 9.94. The Hall–Kier alpha value is -1.58. The number of ether oxygens (including phenoxy) is 1. The molecule has 1 aliphatic rings. The zero-order chi connectivity index (χ0) is 15.8. The summed E-state index contributed by atoms with van der Waals surface area (Å²) in [5.74, 6) is -3.52. The van der Waals surface area contributed by atoms with Crippen molar-refractivity contribution in [2.24, 2.45) is 0 Å². The number of halogens is 2. The maximum Gasteiger partial charge on any atom is 0.309 e. The van der Waals surface area contributed by atoms with Crippen molar-refractivity contribution in [3.8, 4) is 0 Å². The van der Waals surface area contributed by atoms with Gasteiger partial charge in [0, 0.05) is 11.6 Å². The Bertz CT molecular complexity index is 671. The Morgan fingerprint density at radius 3 is 2.59 bits per heavy atom. The van der Waals surface area contributed by atoms with Gasteiger partial charge >= 0.3 is 5.97 Å².